The molecule has 0 aromatic heterocycles. The van der Waals surface area contributed by atoms with Gasteiger partial charge in [-0.3, -0.25) is 0 Å². The summed E-state index contributed by atoms with van der Waals surface area (Å²) in [4.78, 5) is 26.2. The summed E-state index contributed by atoms with van der Waals surface area (Å²) in [7, 11) is 0. The largest absolute Gasteiger partial charge is 0.444 e. The molecule has 32 heavy (non-hydrogen) atoms. The predicted octanol–water partition coefficient (Wildman–Crippen LogP) is 1.47. The second-order valence-electron chi connectivity index (χ2n) is 10.1. The van der Waals surface area contributed by atoms with Crippen LogP contribution in [0.1, 0.15) is 54.4 Å². The van der Waals surface area contributed by atoms with Gasteiger partial charge in [0, 0.05) is 25.2 Å². The number of nitrogens with two attached hydrogens (primary N) is 2. The molecule has 2 saturated heterocycles. The fourth-order valence-electron chi connectivity index (χ4n) is 3.17. The van der Waals surface area contributed by atoms with Gasteiger partial charge in [-0.05, 0) is 54.4 Å². The molecule has 192 valence electrons. The van der Waals surface area contributed by atoms with E-state index in [-0.39, 0.29) is 36.9 Å². The number of piperidine rings is 2. The Hall–Kier alpha value is -1.04. The molecule has 4 atom stereocenters. The van der Waals surface area contributed by atoms with E-state index in [1.165, 1.54) is 9.80 Å². The van der Waals surface area contributed by atoms with E-state index in [9.17, 15) is 19.8 Å². The molecule has 0 unspecified atom stereocenters. The first-order chi connectivity index (χ1) is 13.6. The normalized spacial score (nSPS) is 25.9. The summed E-state index contributed by atoms with van der Waals surface area (Å²) in [5.74, 6) is 0. The van der Waals surface area contributed by atoms with Crippen LogP contribution >= 0.6 is 24.8 Å². The second kappa shape index (κ2) is 13.6. The zero-order valence-corrected chi connectivity index (χ0v) is 21.6. The van der Waals surface area contributed by atoms with Gasteiger partial charge in [-0.1, -0.05) is 0 Å². The van der Waals surface area contributed by atoms with E-state index in [0.29, 0.717) is 39.0 Å². The van der Waals surface area contributed by atoms with Crippen molar-refractivity contribution in [3.8, 4) is 0 Å². The molecular formula is C20H42Cl2N4O6. The molecule has 2 heterocycles. The lowest BCUT2D eigenvalue weighted by Gasteiger charge is -2.35. The molecule has 2 amide bonds. The molecule has 2 fully saturated rings. The van der Waals surface area contributed by atoms with Crippen molar-refractivity contribution in [1.82, 2.24) is 9.80 Å². The minimum atomic E-state index is -0.540. The number of hydrogen-bond acceptors (Lipinski definition) is 8. The molecule has 0 saturated carbocycles. The summed E-state index contributed by atoms with van der Waals surface area (Å²) in [6.07, 6.45) is -0.811. The zero-order valence-electron chi connectivity index (χ0n) is 19.9. The molecule has 0 aromatic rings. The first-order valence-electron chi connectivity index (χ1n) is 10.4. The number of ether oxygens (including phenoxy) is 2. The van der Waals surface area contributed by atoms with Gasteiger partial charge in [-0.25, -0.2) is 9.59 Å². The SMILES string of the molecule is CC(C)(C)OC(=O)N1C[C@@H](N)C[C@H](O)C1.CC(C)(C)OC(=O)N1C[C@H](N)C[C@@H](O)C1.Cl.Cl. The number of carbonyl (C=O) groups is 2. The van der Waals surface area contributed by atoms with Crippen LogP contribution in [0.2, 0.25) is 0 Å². The summed E-state index contributed by atoms with van der Waals surface area (Å²) in [5, 5.41) is 18.9. The van der Waals surface area contributed by atoms with Crippen molar-refractivity contribution < 1.29 is 29.3 Å². The van der Waals surface area contributed by atoms with Crippen molar-refractivity contribution >= 4 is 37.0 Å². The van der Waals surface area contributed by atoms with Gasteiger partial charge in [-0.2, -0.15) is 0 Å². The highest BCUT2D eigenvalue weighted by Crippen LogP contribution is 2.16. The highest BCUT2D eigenvalue weighted by molar-refractivity contribution is 5.85. The predicted molar refractivity (Wildman–Crippen MR) is 127 cm³/mol. The van der Waals surface area contributed by atoms with Gasteiger partial charge in [0.15, 0.2) is 0 Å². The summed E-state index contributed by atoms with van der Waals surface area (Å²) >= 11 is 0. The smallest absolute Gasteiger partial charge is 0.410 e. The fraction of sp³-hybridized carbons (Fsp3) is 0.900. The molecule has 2 rings (SSSR count). The maximum atomic E-state index is 11.6. The van der Waals surface area contributed by atoms with Gasteiger partial charge in [0.25, 0.3) is 0 Å². The van der Waals surface area contributed by atoms with E-state index < -0.39 is 35.6 Å². The molecule has 2 aliphatic heterocycles. The fourth-order valence-corrected chi connectivity index (χ4v) is 3.17. The third-order valence-electron chi connectivity index (χ3n) is 4.23. The number of halogens is 2. The van der Waals surface area contributed by atoms with Crippen molar-refractivity contribution in [2.24, 2.45) is 11.5 Å². The van der Waals surface area contributed by atoms with Crippen LogP contribution in [0.25, 0.3) is 0 Å². The van der Waals surface area contributed by atoms with Gasteiger partial charge in [0.05, 0.1) is 25.3 Å². The highest BCUT2D eigenvalue weighted by Gasteiger charge is 2.31. The minimum Gasteiger partial charge on any atom is -0.444 e. The van der Waals surface area contributed by atoms with Crippen molar-refractivity contribution in [1.29, 1.82) is 0 Å². The summed E-state index contributed by atoms with van der Waals surface area (Å²) in [6.45, 7) is 12.4. The number of aliphatic hydroxyl groups is 2. The Labute approximate surface area is 203 Å². The number of nitrogens with zero attached hydrogens (tertiary/aromatic N) is 2. The first kappa shape index (κ1) is 33.1. The molecule has 10 nitrogen and oxygen atoms in total. The van der Waals surface area contributed by atoms with Crippen LogP contribution in [0, 0.1) is 0 Å². The standard InChI is InChI=1S/2C10H20N2O3.2ClH/c2*1-10(2,3)15-9(14)12-5-7(11)4-8(13)6-12;;/h2*7-8,13H,4-6,11H2,1-3H3;2*1H/t2*7-,8-;;/m10../s1. The summed E-state index contributed by atoms with van der Waals surface area (Å²) in [5.41, 5.74) is 10.4. The number of aliphatic hydroxyl groups excluding tert-OH is 2. The van der Waals surface area contributed by atoms with Crippen LogP contribution < -0.4 is 11.5 Å². The Morgan fingerprint density at radius 1 is 0.719 bits per heavy atom. The monoisotopic (exact) mass is 504 g/mol. The van der Waals surface area contributed by atoms with Crippen LogP contribution in [0.3, 0.4) is 0 Å². The van der Waals surface area contributed by atoms with E-state index in [2.05, 4.69) is 0 Å². The van der Waals surface area contributed by atoms with Crippen molar-refractivity contribution in [2.45, 2.75) is 89.9 Å². The third kappa shape index (κ3) is 13.5. The van der Waals surface area contributed by atoms with Gasteiger partial charge >= 0.3 is 12.2 Å². The Balaban J connectivity index is 0. The van der Waals surface area contributed by atoms with E-state index in [4.69, 9.17) is 20.9 Å². The number of likely N-dealkylation sites (tertiary alicyclic amines) is 2. The van der Waals surface area contributed by atoms with E-state index in [1.807, 2.05) is 41.5 Å². The second-order valence-corrected chi connectivity index (χ2v) is 10.1. The minimum absolute atomic E-state index is 0. The molecule has 2 aliphatic rings. The van der Waals surface area contributed by atoms with Crippen LogP contribution in [0.5, 0.6) is 0 Å². The van der Waals surface area contributed by atoms with Crippen LogP contribution in [0.15, 0.2) is 0 Å². The maximum Gasteiger partial charge on any atom is 0.410 e. The maximum absolute atomic E-state index is 11.6. The third-order valence-corrected chi connectivity index (χ3v) is 4.23. The Bertz CT molecular complexity index is 515. The zero-order chi connectivity index (χ0) is 23.3. The Kier molecular flexibility index (Phi) is 14.1. The van der Waals surface area contributed by atoms with Gasteiger partial charge in [0.2, 0.25) is 0 Å². The van der Waals surface area contributed by atoms with Crippen molar-refractivity contribution in [3.05, 3.63) is 0 Å². The topological polar surface area (TPSA) is 152 Å². The molecule has 0 bridgehead atoms. The first-order valence-corrected chi connectivity index (χ1v) is 10.4. The molecule has 0 aromatic carbocycles. The lowest BCUT2D eigenvalue weighted by atomic mass is 10.0. The highest BCUT2D eigenvalue weighted by atomic mass is 35.5. The number of rotatable bonds is 0. The molecule has 6 N–H and O–H groups in total. The van der Waals surface area contributed by atoms with Gasteiger partial charge < -0.3 is 41.0 Å². The number of carbonyl (C=O) groups excluding carboxylic acids is 2. The van der Waals surface area contributed by atoms with Crippen LogP contribution in [-0.4, -0.2) is 93.9 Å². The molecular weight excluding hydrogens is 463 g/mol. The average Bonchev–Trinajstić information content (AvgIpc) is 2.50. The number of β-amino-alcohol motifs (C(OH)–C–C–N with tert-alkyl or cyclic N) is 2. The average molecular weight is 505 g/mol. The van der Waals surface area contributed by atoms with Gasteiger partial charge in [-0.15, -0.1) is 24.8 Å². The quantitative estimate of drug-likeness (QED) is 0.386. The number of amides is 2. The summed E-state index contributed by atoms with van der Waals surface area (Å²) < 4.78 is 10.4. The van der Waals surface area contributed by atoms with E-state index in [0.717, 1.165) is 0 Å². The van der Waals surface area contributed by atoms with E-state index in [1.54, 1.807) is 0 Å². The van der Waals surface area contributed by atoms with Gasteiger partial charge in [0.1, 0.15) is 11.2 Å². The lowest BCUT2D eigenvalue weighted by Crippen LogP contribution is -2.52. The van der Waals surface area contributed by atoms with Crippen molar-refractivity contribution in [2.75, 3.05) is 26.2 Å². The molecule has 12 heteroatoms. The van der Waals surface area contributed by atoms with Crippen molar-refractivity contribution in [3.63, 3.8) is 0 Å². The molecule has 0 spiro atoms. The molecule has 0 radical (unpaired) electrons. The lowest BCUT2D eigenvalue weighted by molar-refractivity contribution is 0.000109. The van der Waals surface area contributed by atoms with E-state index >= 15 is 0 Å². The summed E-state index contributed by atoms with van der Waals surface area (Å²) in [6, 6.07) is -0.331. The molecule has 0 aliphatic carbocycles. The van der Waals surface area contributed by atoms with Crippen LogP contribution in [-0.2, 0) is 9.47 Å². The van der Waals surface area contributed by atoms with Crippen LogP contribution in [0.4, 0.5) is 9.59 Å². The Morgan fingerprint density at radius 2 is 1.00 bits per heavy atom. The number of hydrogen-bond donors (Lipinski definition) is 4. The Morgan fingerprint density at radius 3 is 1.22 bits per heavy atom.